The van der Waals surface area contributed by atoms with Crippen molar-refractivity contribution in [1.82, 2.24) is 5.32 Å². The first kappa shape index (κ1) is 19.7. The third-order valence-corrected chi connectivity index (χ3v) is 6.11. The minimum absolute atomic E-state index is 0.0930. The SMILES string of the molecule is O=C(CSCc1ccc(Br)cc1)NCCSCc1ccccc1Cl. The predicted octanol–water partition coefficient (Wildman–Crippen LogP) is 5.39. The van der Waals surface area contributed by atoms with Gasteiger partial charge in [0.15, 0.2) is 0 Å². The van der Waals surface area contributed by atoms with Crippen LogP contribution in [0, 0.1) is 0 Å². The summed E-state index contributed by atoms with van der Waals surface area (Å²) in [5.41, 5.74) is 2.37. The Labute approximate surface area is 165 Å². The molecular weight excluding hydrogens is 426 g/mol. The molecule has 0 unspecified atom stereocenters. The predicted molar refractivity (Wildman–Crippen MR) is 111 cm³/mol. The number of rotatable bonds is 9. The van der Waals surface area contributed by atoms with Gasteiger partial charge < -0.3 is 5.32 Å². The lowest BCUT2D eigenvalue weighted by molar-refractivity contribution is -0.118. The van der Waals surface area contributed by atoms with Crippen LogP contribution in [0.4, 0.5) is 0 Å². The smallest absolute Gasteiger partial charge is 0.230 e. The van der Waals surface area contributed by atoms with Crippen LogP contribution in [0.3, 0.4) is 0 Å². The number of carbonyl (C=O) groups is 1. The van der Waals surface area contributed by atoms with Crippen molar-refractivity contribution in [1.29, 1.82) is 0 Å². The Hall–Kier alpha value is -0.620. The lowest BCUT2D eigenvalue weighted by Crippen LogP contribution is -2.27. The summed E-state index contributed by atoms with van der Waals surface area (Å²) in [5.74, 6) is 3.19. The van der Waals surface area contributed by atoms with Gasteiger partial charge in [0.2, 0.25) is 5.91 Å². The first-order valence-electron chi connectivity index (χ1n) is 7.55. The maximum absolute atomic E-state index is 11.8. The summed E-state index contributed by atoms with van der Waals surface area (Å²) in [5, 5.41) is 3.76. The van der Waals surface area contributed by atoms with E-state index in [0.29, 0.717) is 12.3 Å². The maximum atomic E-state index is 11.8. The zero-order valence-electron chi connectivity index (χ0n) is 13.1. The molecule has 0 bridgehead atoms. The minimum Gasteiger partial charge on any atom is -0.355 e. The summed E-state index contributed by atoms with van der Waals surface area (Å²) in [6, 6.07) is 16.0. The molecule has 0 saturated heterocycles. The molecule has 0 aliphatic carbocycles. The maximum Gasteiger partial charge on any atom is 0.230 e. The van der Waals surface area contributed by atoms with Crippen LogP contribution in [-0.2, 0) is 16.3 Å². The van der Waals surface area contributed by atoms with E-state index in [9.17, 15) is 4.79 Å². The van der Waals surface area contributed by atoms with E-state index in [0.717, 1.165) is 32.3 Å². The molecule has 2 nitrogen and oxygen atoms in total. The molecule has 0 saturated carbocycles. The van der Waals surface area contributed by atoms with Gasteiger partial charge >= 0.3 is 0 Å². The van der Waals surface area contributed by atoms with E-state index in [1.54, 1.807) is 23.5 Å². The number of hydrogen-bond donors (Lipinski definition) is 1. The zero-order valence-corrected chi connectivity index (χ0v) is 17.1. The monoisotopic (exact) mass is 443 g/mol. The standard InChI is InChI=1S/C18H19BrClNOS2/c19-16-7-5-14(6-8-16)11-24-13-18(22)21-9-10-23-12-15-3-1-2-4-17(15)20/h1-8H,9-13H2,(H,21,22). The normalized spacial score (nSPS) is 10.6. The Balaban J connectivity index is 1.53. The van der Waals surface area contributed by atoms with E-state index in [1.807, 2.05) is 36.4 Å². The summed E-state index contributed by atoms with van der Waals surface area (Å²) >= 11 is 12.9. The second-order valence-electron chi connectivity index (χ2n) is 5.11. The fourth-order valence-electron chi connectivity index (χ4n) is 1.95. The first-order valence-corrected chi connectivity index (χ1v) is 11.0. The molecule has 1 N–H and O–H groups in total. The summed E-state index contributed by atoms with van der Waals surface area (Å²) < 4.78 is 1.07. The van der Waals surface area contributed by atoms with Gasteiger partial charge in [-0.15, -0.1) is 11.8 Å². The van der Waals surface area contributed by atoms with Gasteiger partial charge in [0.05, 0.1) is 5.75 Å². The molecule has 0 radical (unpaired) electrons. The number of thioether (sulfide) groups is 2. The molecular formula is C18H19BrClNOS2. The van der Waals surface area contributed by atoms with Gasteiger partial charge in [0.25, 0.3) is 0 Å². The lowest BCUT2D eigenvalue weighted by Gasteiger charge is -2.06. The molecule has 128 valence electrons. The number of hydrogen-bond acceptors (Lipinski definition) is 3. The van der Waals surface area contributed by atoms with Gasteiger partial charge in [-0.2, -0.15) is 11.8 Å². The molecule has 2 aromatic carbocycles. The van der Waals surface area contributed by atoms with Crippen LogP contribution < -0.4 is 5.32 Å². The topological polar surface area (TPSA) is 29.1 Å². The Morgan fingerprint density at radius 3 is 2.54 bits per heavy atom. The molecule has 0 aliphatic rings. The van der Waals surface area contributed by atoms with E-state index in [-0.39, 0.29) is 5.91 Å². The molecule has 24 heavy (non-hydrogen) atoms. The fourth-order valence-corrected chi connectivity index (χ4v) is 4.18. The highest BCUT2D eigenvalue weighted by Gasteiger charge is 2.03. The van der Waals surface area contributed by atoms with Crippen LogP contribution in [0.1, 0.15) is 11.1 Å². The molecule has 0 fully saturated rings. The van der Waals surface area contributed by atoms with E-state index >= 15 is 0 Å². The first-order chi connectivity index (χ1) is 11.6. The van der Waals surface area contributed by atoms with E-state index < -0.39 is 0 Å². The molecule has 6 heteroatoms. The second-order valence-corrected chi connectivity index (χ2v) is 8.53. The summed E-state index contributed by atoms with van der Waals surface area (Å²) in [6.45, 7) is 0.687. The van der Waals surface area contributed by atoms with Crippen LogP contribution in [0.5, 0.6) is 0 Å². The average molecular weight is 445 g/mol. The van der Waals surface area contributed by atoms with Crippen LogP contribution in [-0.4, -0.2) is 24.0 Å². The molecule has 1 amide bonds. The van der Waals surface area contributed by atoms with Gasteiger partial charge in [-0.05, 0) is 29.3 Å². The minimum atomic E-state index is 0.0930. The largest absolute Gasteiger partial charge is 0.355 e. The van der Waals surface area contributed by atoms with Crippen molar-refractivity contribution < 1.29 is 4.79 Å². The molecule has 0 aromatic heterocycles. The quantitative estimate of drug-likeness (QED) is 0.526. The Kier molecular flexibility index (Phi) is 9.10. The zero-order chi connectivity index (χ0) is 17.2. The van der Waals surface area contributed by atoms with Crippen LogP contribution in [0.25, 0.3) is 0 Å². The second kappa shape index (κ2) is 11.1. The molecule has 0 aliphatic heterocycles. The highest BCUT2D eigenvalue weighted by molar-refractivity contribution is 9.10. The molecule has 0 atom stereocenters. The Morgan fingerprint density at radius 1 is 1.04 bits per heavy atom. The fraction of sp³-hybridized carbons (Fsp3) is 0.278. The molecule has 2 rings (SSSR count). The van der Waals surface area contributed by atoms with Crippen molar-refractivity contribution in [2.75, 3.05) is 18.1 Å². The van der Waals surface area contributed by atoms with Crippen LogP contribution in [0.15, 0.2) is 53.0 Å². The van der Waals surface area contributed by atoms with Gasteiger partial charge in [-0.25, -0.2) is 0 Å². The van der Waals surface area contributed by atoms with Crippen molar-refractivity contribution >= 4 is 57.0 Å². The summed E-state index contributed by atoms with van der Waals surface area (Å²) in [4.78, 5) is 11.8. The summed E-state index contributed by atoms with van der Waals surface area (Å²) in [7, 11) is 0. The van der Waals surface area contributed by atoms with Gasteiger partial charge in [-0.3, -0.25) is 4.79 Å². The molecule has 0 spiro atoms. The van der Waals surface area contributed by atoms with Crippen molar-refractivity contribution in [3.63, 3.8) is 0 Å². The number of halogens is 2. The van der Waals surface area contributed by atoms with E-state index in [1.165, 1.54) is 5.56 Å². The third-order valence-electron chi connectivity index (χ3n) is 3.20. The third kappa shape index (κ3) is 7.51. The van der Waals surface area contributed by atoms with E-state index in [4.69, 9.17) is 11.6 Å². The Bertz CT molecular complexity index is 652. The van der Waals surface area contributed by atoms with Gasteiger partial charge in [-0.1, -0.05) is 57.9 Å². The Morgan fingerprint density at radius 2 is 1.79 bits per heavy atom. The number of amides is 1. The lowest BCUT2D eigenvalue weighted by atomic mass is 10.2. The number of nitrogens with one attached hydrogen (secondary N) is 1. The van der Waals surface area contributed by atoms with Gasteiger partial charge in [0, 0.05) is 33.3 Å². The van der Waals surface area contributed by atoms with Crippen molar-refractivity contribution in [2.45, 2.75) is 11.5 Å². The number of benzene rings is 2. The van der Waals surface area contributed by atoms with Crippen LogP contribution >= 0.6 is 51.1 Å². The number of carbonyl (C=O) groups excluding carboxylic acids is 1. The van der Waals surface area contributed by atoms with E-state index in [2.05, 4.69) is 33.4 Å². The summed E-state index contributed by atoms with van der Waals surface area (Å²) in [6.07, 6.45) is 0. The molecule has 2 aromatic rings. The van der Waals surface area contributed by atoms with Crippen molar-refractivity contribution in [3.8, 4) is 0 Å². The van der Waals surface area contributed by atoms with Gasteiger partial charge in [0.1, 0.15) is 0 Å². The highest BCUT2D eigenvalue weighted by atomic mass is 79.9. The van der Waals surface area contributed by atoms with Crippen LogP contribution in [0.2, 0.25) is 5.02 Å². The highest BCUT2D eigenvalue weighted by Crippen LogP contribution is 2.20. The van der Waals surface area contributed by atoms with Crippen molar-refractivity contribution in [2.24, 2.45) is 0 Å². The van der Waals surface area contributed by atoms with Crippen molar-refractivity contribution in [3.05, 3.63) is 69.2 Å². The average Bonchev–Trinajstić information content (AvgIpc) is 2.58. The molecule has 0 heterocycles.